The lowest BCUT2D eigenvalue weighted by atomic mass is 10.1. The van der Waals surface area contributed by atoms with Crippen LogP contribution >= 0.6 is 0 Å². The van der Waals surface area contributed by atoms with E-state index < -0.39 is 12.1 Å². The third-order valence-electron chi connectivity index (χ3n) is 3.32. The van der Waals surface area contributed by atoms with Crippen molar-refractivity contribution in [3.05, 3.63) is 65.7 Å². The average molecular weight is 314 g/mol. The number of esters is 1. The summed E-state index contributed by atoms with van der Waals surface area (Å²) >= 11 is 0. The lowest BCUT2D eigenvalue weighted by Gasteiger charge is -2.12. The molecule has 0 saturated heterocycles. The van der Waals surface area contributed by atoms with Crippen LogP contribution in [0.5, 0.6) is 5.75 Å². The third-order valence-corrected chi connectivity index (χ3v) is 3.32. The Bertz CT molecular complexity index is 593. The number of aliphatic hydroxyl groups excluding tert-OH is 1. The van der Waals surface area contributed by atoms with E-state index in [2.05, 4.69) is 12.1 Å². The Morgan fingerprint density at radius 1 is 1.04 bits per heavy atom. The molecular formula is C19H22O4. The summed E-state index contributed by atoms with van der Waals surface area (Å²) in [5.41, 5.74) is 2.45. The van der Waals surface area contributed by atoms with Crippen molar-refractivity contribution in [2.75, 3.05) is 13.2 Å². The van der Waals surface area contributed by atoms with Gasteiger partial charge < -0.3 is 14.6 Å². The van der Waals surface area contributed by atoms with Gasteiger partial charge in [0, 0.05) is 0 Å². The number of hydrogen-bond acceptors (Lipinski definition) is 4. The van der Waals surface area contributed by atoms with E-state index in [1.54, 1.807) is 6.92 Å². The van der Waals surface area contributed by atoms with Crippen molar-refractivity contribution in [3.63, 3.8) is 0 Å². The fourth-order valence-corrected chi connectivity index (χ4v) is 2.20. The number of carbonyl (C=O) groups is 1. The van der Waals surface area contributed by atoms with Crippen LogP contribution in [0.4, 0.5) is 0 Å². The van der Waals surface area contributed by atoms with Crippen molar-refractivity contribution in [1.29, 1.82) is 0 Å². The van der Waals surface area contributed by atoms with Gasteiger partial charge in [0.05, 0.1) is 19.1 Å². The number of carbonyl (C=O) groups excluding carboxylic acids is 1. The van der Waals surface area contributed by atoms with Crippen molar-refractivity contribution in [1.82, 2.24) is 0 Å². The SMILES string of the molecule is CCOC(=O)C[C@@H](O)COc1ccc(Cc2ccccc2)cc1. The zero-order valence-electron chi connectivity index (χ0n) is 13.3. The molecule has 122 valence electrons. The van der Waals surface area contributed by atoms with Crippen LogP contribution in [0.1, 0.15) is 24.5 Å². The molecule has 4 heteroatoms. The summed E-state index contributed by atoms with van der Waals surface area (Å²) in [4.78, 5) is 11.2. The quantitative estimate of drug-likeness (QED) is 0.761. The lowest BCUT2D eigenvalue weighted by Crippen LogP contribution is -2.22. The average Bonchev–Trinajstić information content (AvgIpc) is 2.55. The van der Waals surface area contributed by atoms with Crippen molar-refractivity contribution in [2.24, 2.45) is 0 Å². The first-order valence-electron chi connectivity index (χ1n) is 7.76. The van der Waals surface area contributed by atoms with Crippen molar-refractivity contribution in [2.45, 2.75) is 25.9 Å². The van der Waals surface area contributed by atoms with Gasteiger partial charge in [-0.2, -0.15) is 0 Å². The molecule has 23 heavy (non-hydrogen) atoms. The van der Waals surface area contributed by atoms with E-state index >= 15 is 0 Å². The van der Waals surface area contributed by atoms with Gasteiger partial charge in [-0.25, -0.2) is 0 Å². The molecule has 2 aromatic carbocycles. The highest BCUT2D eigenvalue weighted by atomic mass is 16.5. The van der Waals surface area contributed by atoms with E-state index in [9.17, 15) is 9.90 Å². The fourth-order valence-electron chi connectivity index (χ4n) is 2.20. The Labute approximate surface area is 136 Å². The van der Waals surface area contributed by atoms with Gasteiger partial charge in [-0.15, -0.1) is 0 Å². The van der Waals surface area contributed by atoms with Crippen LogP contribution in [0, 0.1) is 0 Å². The molecular weight excluding hydrogens is 292 g/mol. The number of rotatable bonds is 8. The zero-order valence-corrected chi connectivity index (χ0v) is 13.3. The first-order chi connectivity index (χ1) is 11.2. The highest BCUT2D eigenvalue weighted by Gasteiger charge is 2.12. The molecule has 0 bridgehead atoms. The van der Waals surface area contributed by atoms with Gasteiger partial charge >= 0.3 is 5.97 Å². The maximum atomic E-state index is 11.2. The largest absolute Gasteiger partial charge is 0.491 e. The Morgan fingerprint density at radius 3 is 2.35 bits per heavy atom. The van der Waals surface area contributed by atoms with Crippen LogP contribution in [0.15, 0.2) is 54.6 Å². The number of aliphatic hydroxyl groups is 1. The van der Waals surface area contributed by atoms with Gasteiger partial charge in [0.15, 0.2) is 0 Å². The summed E-state index contributed by atoms with van der Waals surface area (Å²) in [6.07, 6.45) is -0.0509. The Kier molecular flexibility index (Phi) is 6.63. The normalized spacial score (nSPS) is 11.7. The number of ether oxygens (including phenoxy) is 2. The molecule has 2 aromatic rings. The van der Waals surface area contributed by atoms with E-state index in [1.165, 1.54) is 11.1 Å². The van der Waals surface area contributed by atoms with E-state index in [0.717, 1.165) is 6.42 Å². The van der Waals surface area contributed by atoms with Crippen molar-refractivity contribution >= 4 is 5.97 Å². The zero-order chi connectivity index (χ0) is 16.5. The van der Waals surface area contributed by atoms with Crippen LogP contribution in [0.3, 0.4) is 0 Å². The maximum Gasteiger partial charge on any atom is 0.308 e. The minimum Gasteiger partial charge on any atom is -0.491 e. The molecule has 0 saturated carbocycles. The maximum absolute atomic E-state index is 11.2. The van der Waals surface area contributed by atoms with Crippen LogP contribution in [0.2, 0.25) is 0 Å². The second kappa shape index (κ2) is 8.96. The van der Waals surface area contributed by atoms with Crippen LogP contribution in [-0.2, 0) is 16.0 Å². The van der Waals surface area contributed by atoms with E-state index in [1.807, 2.05) is 42.5 Å². The molecule has 0 aliphatic heterocycles. The minimum atomic E-state index is -0.863. The minimum absolute atomic E-state index is 0.0556. The number of benzene rings is 2. The standard InChI is InChI=1S/C19H22O4/c1-2-22-19(21)13-17(20)14-23-18-10-8-16(9-11-18)12-15-6-4-3-5-7-15/h3-11,17,20H,2,12-14H2,1H3/t17-/m1/s1. The summed E-state index contributed by atoms with van der Waals surface area (Å²) in [6, 6.07) is 18.0. The third kappa shape index (κ3) is 6.12. The first kappa shape index (κ1) is 17.0. The fraction of sp³-hybridized carbons (Fsp3) is 0.316. The van der Waals surface area contributed by atoms with E-state index in [4.69, 9.17) is 9.47 Å². The summed E-state index contributed by atoms with van der Waals surface area (Å²) < 4.78 is 10.3. The van der Waals surface area contributed by atoms with Gasteiger partial charge in [-0.1, -0.05) is 42.5 Å². The van der Waals surface area contributed by atoms with Crippen molar-refractivity contribution in [3.8, 4) is 5.75 Å². The molecule has 0 aliphatic rings. The van der Waals surface area contributed by atoms with Crippen LogP contribution in [0.25, 0.3) is 0 Å². The number of hydrogen-bond donors (Lipinski definition) is 1. The predicted octanol–water partition coefficient (Wildman–Crippen LogP) is 2.97. The molecule has 0 aliphatic carbocycles. The molecule has 2 rings (SSSR count). The van der Waals surface area contributed by atoms with E-state index in [-0.39, 0.29) is 13.0 Å². The van der Waals surface area contributed by atoms with Gasteiger partial charge in [-0.05, 0) is 36.6 Å². The van der Waals surface area contributed by atoms with Gasteiger partial charge in [-0.3, -0.25) is 4.79 Å². The Morgan fingerprint density at radius 2 is 1.70 bits per heavy atom. The highest BCUT2D eigenvalue weighted by Crippen LogP contribution is 2.15. The smallest absolute Gasteiger partial charge is 0.308 e. The molecule has 0 spiro atoms. The summed E-state index contributed by atoms with van der Waals surface area (Å²) in [6.45, 7) is 2.11. The Balaban J connectivity index is 1.79. The summed E-state index contributed by atoms with van der Waals surface area (Å²) in [5.74, 6) is 0.256. The molecule has 1 N–H and O–H groups in total. The van der Waals surface area contributed by atoms with Crippen molar-refractivity contribution < 1.29 is 19.4 Å². The lowest BCUT2D eigenvalue weighted by molar-refractivity contribution is -0.145. The molecule has 0 fully saturated rings. The first-order valence-corrected chi connectivity index (χ1v) is 7.76. The van der Waals surface area contributed by atoms with Crippen LogP contribution < -0.4 is 4.74 Å². The molecule has 1 atom stereocenters. The van der Waals surface area contributed by atoms with Gasteiger partial charge in [0.2, 0.25) is 0 Å². The Hall–Kier alpha value is -2.33. The molecule has 0 heterocycles. The molecule has 0 radical (unpaired) electrons. The summed E-state index contributed by atoms with van der Waals surface area (Å²) in [7, 11) is 0. The van der Waals surface area contributed by atoms with Crippen LogP contribution in [-0.4, -0.2) is 30.4 Å². The second-order valence-electron chi connectivity index (χ2n) is 5.28. The van der Waals surface area contributed by atoms with Gasteiger partial charge in [0.25, 0.3) is 0 Å². The molecule has 4 nitrogen and oxygen atoms in total. The second-order valence-corrected chi connectivity index (χ2v) is 5.28. The highest BCUT2D eigenvalue weighted by molar-refractivity contribution is 5.69. The van der Waals surface area contributed by atoms with E-state index in [0.29, 0.717) is 12.4 Å². The molecule has 0 unspecified atom stereocenters. The predicted molar refractivity (Wildman–Crippen MR) is 88.4 cm³/mol. The topological polar surface area (TPSA) is 55.8 Å². The monoisotopic (exact) mass is 314 g/mol. The molecule has 0 amide bonds. The summed E-state index contributed by atoms with van der Waals surface area (Å²) in [5, 5.41) is 9.73. The van der Waals surface area contributed by atoms with Gasteiger partial charge in [0.1, 0.15) is 12.4 Å². The molecule has 0 aromatic heterocycles.